The second kappa shape index (κ2) is 6.86. The predicted molar refractivity (Wildman–Crippen MR) is 91.9 cm³/mol. The highest BCUT2D eigenvalue weighted by Gasteiger charge is 2.22. The zero-order valence-electron chi connectivity index (χ0n) is 13.7. The molecule has 2 amide bonds. The van der Waals surface area contributed by atoms with Crippen LogP contribution in [-0.2, 0) is 4.79 Å². The lowest BCUT2D eigenvalue weighted by molar-refractivity contribution is -0.128. The molecule has 1 fully saturated rings. The molecule has 1 saturated heterocycles. The molecule has 24 heavy (non-hydrogen) atoms. The lowest BCUT2D eigenvalue weighted by atomic mass is 10.1. The average molecular weight is 327 g/mol. The molecule has 0 aliphatic carbocycles. The van der Waals surface area contributed by atoms with E-state index in [0.717, 1.165) is 18.4 Å². The monoisotopic (exact) mass is 327 g/mol. The van der Waals surface area contributed by atoms with Gasteiger partial charge in [-0.1, -0.05) is 25.1 Å². The fourth-order valence-corrected chi connectivity index (χ4v) is 3.09. The Labute approximate surface area is 139 Å². The quantitative estimate of drug-likeness (QED) is 0.873. The van der Waals surface area contributed by atoms with Crippen molar-refractivity contribution in [2.45, 2.75) is 19.8 Å². The van der Waals surface area contributed by atoms with Crippen molar-refractivity contribution in [3.63, 3.8) is 0 Å². The van der Waals surface area contributed by atoms with Crippen molar-refractivity contribution in [3.8, 4) is 0 Å². The Morgan fingerprint density at radius 3 is 2.88 bits per heavy atom. The molecule has 3 rings (SSSR count). The standard InChI is InChI=1S/C18H21N3O3/c1-12(11-21-8-4-7-17(21)23)10-19-18(24)14-9-16(22)20-15-6-3-2-5-13(14)15/h2-3,5-6,9,12H,4,7-8,10-11H2,1H3,(H,19,24)(H,20,22). The fraction of sp³-hybridized carbons (Fsp3) is 0.389. The maximum atomic E-state index is 12.5. The van der Waals surface area contributed by atoms with Crippen molar-refractivity contribution in [1.29, 1.82) is 0 Å². The summed E-state index contributed by atoms with van der Waals surface area (Å²) >= 11 is 0. The fourth-order valence-electron chi connectivity index (χ4n) is 3.09. The van der Waals surface area contributed by atoms with Crippen molar-refractivity contribution in [2.24, 2.45) is 5.92 Å². The van der Waals surface area contributed by atoms with Crippen LogP contribution in [0.15, 0.2) is 35.1 Å². The number of pyridine rings is 1. The van der Waals surface area contributed by atoms with E-state index in [4.69, 9.17) is 0 Å². The molecule has 0 radical (unpaired) electrons. The number of H-pyrrole nitrogens is 1. The highest BCUT2D eigenvalue weighted by atomic mass is 16.2. The number of para-hydroxylation sites is 1. The molecule has 0 bridgehead atoms. The van der Waals surface area contributed by atoms with Gasteiger partial charge in [-0.05, 0) is 18.4 Å². The average Bonchev–Trinajstić information content (AvgIpc) is 2.96. The summed E-state index contributed by atoms with van der Waals surface area (Å²) in [5, 5.41) is 3.60. The molecule has 2 heterocycles. The summed E-state index contributed by atoms with van der Waals surface area (Å²) < 4.78 is 0. The Morgan fingerprint density at radius 2 is 2.12 bits per heavy atom. The smallest absolute Gasteiger partial charge is 0.252 e. The van der Waals surface area contributed by atoms with E-state index in [1.807, 2.05) is 30.0 Å². The Hall–Kier alpha value is -2.63. The molecule has 6 nitrogen and oxygen atoms in total. The summed E-state index contributed by atoms with van der Waals surface area (Å²) in [6.45, 7) is 3.91. The van der Waals surface area contributed by atoms with Crippen molar-refractivity contribution in [2.75, 3.05) is 19.6 Å². The Morgan fingerprint density at radius 1 is 1.33 bits per heavy atom. The van der Waals surface area contributed by atoms with E-state index in [1.165, 1.54) is 6.07 Å². The van der Waals surface area contributed by atoms with Gasteiger partial charge in [-0.15, -0.1) is 0 Å². The first-order valence-corrected chi connectivity index (χ1v) is 8.22. The molecule has 2 N–H and O–H groups in total. The van der Waals surface area contributed by atoms with Crippen LogP contribution in [-0.4, -0.2) is 41.3 Å². The van der Waals surface area contributed by atoms with Crippen LogP contribution in [0.2, 0.25) is 0 Å². The van der Waals surface area contributed by atoms with Crippen LogP contribution >= 0.6 is 0 Å². The lowest BCUT2D eigenvalue weighted by Gasteiger charge is -2.21. The van der Waals surface area contributed by atoms with E-state index in [1.54, 1.807) is 6.07 Å². The number of amides is 2. The SMILES string of the molecule is CC(CNC(=O)c1cc(=O)[nH]c2ccccc12)CN1CCCC1=O. The molecule has 1 aliphatic rings. The molecule has 6 heteroatoms. The Kier molecular flexibility index (Phi) is 4.64. The van der Waals surface area contributed by atoms with Gasteiger partial charge in [0.15, 0.2) is 0 Å². The van der Waals surface area contributed by atoms with Crippen LogP contribution in [0.4, 0.5) is 0 Å². The van der Waals surface area contributed by atoms with Crippen LogP contribution in [0.3, 0.4) is 0 Å². The van der Waals surface area contributed by atoms with Gasteiger partial charge < -0.3 is 15.2 Å². The molecule has 1 aromatic carbocycles. The minimum absolute atomic E-state index is 0.157. The number of rotatable bonds is 5. The number of nitrogens with zero attached hydrogens (tertiary/aromatic N) is 1. The molecule has 126 valence electrons. The molecule has 1 aliphatic heterocycles. The second-order valence-corrected chi connectivity index (χ2v) is 6.35. The molecular formula is C18H21N3O3. The van der Waals surface area contributed by atoms with Gasteiger partial charge in [-0.3, -0.25) is 14.4 Å². The zero-order valence-corrected chi connectivity index (χ0v) is 13.7. The van der Waals surface area contributed by atoms with Crippen molar-refractivity contribution in [3.05, 3.63) is 46.2 Å². The van der Waals surface area contributed by atoms with Gasteiger partial charge in [0, 0.05) is 43.0 Å². The number of hydrogen-bond acceptors (Lipinski definition) is 3. The third kappa shape index (κ3) is 3.48. The number of nitrogens with one attached hydrogen (secondary N) is 2. The number of hydrogen-bond donors (Lipinski definition) is 2. The van der Waals surface area contributed by atoms with Crippen molar-refractivity contribution >= 4 is 22.7 Å². The molecule has 0 saturated carbocycles. The largest absolute Gasteiger partial charge is 0.352 e. The zero-order chi connectivity index (χ0) is 17.1. The minimum atomic E-state index is -0.297. The number of benzene rings is 1. The molecule has 1 aromatic heterocycles. The van der Waals surface area contributed by atoms with Gasteiger partial charge in [-0.25, -0.2) is 0 Å². The summed E-state index contributed by atoms with van der Waals surface area (Å²) in [5.41, 5.74) is 0.722. The summed E-state index contributed by atoms with van der Waals surface area (Å²) in [4.78, 5) is 40.4. The number of carbonyl (C=O) groups is 2. The normalized spacial score (nSPS) is 15.7. The van der Waals surface area contributed by atoms with E-state index in [2.05, 4.69) is 10.3 Å². The van der Waals surface area contributed by atoms with Crippen molar-refractivity contribution in [1.82, 2.24) is 15.2 Å². The molecule has 1 unspecified atom stereocenters. The van der Waals surface area contributed by atoms with Gasteiger partial charge in [0.05, 0.1) is 5.56 Å². The van der Waals surface area contributed by atoms with E-state index in [9.17, 15) is 14.4 Å². The number of carbonyl (C=O) groups excluding carboxylic acids is 2. The minimum Gasteiger partial charge on any atom is -0.352 e. The van der Waals surface area contributed by atoms with Gasteiger partial charge in [0.25, 0.3) is 5.91 Å². The van der Waals surface area contributed by atoms with Crippen LogP contribution in [0.1, 0.15) is 30.1 Å². The highest BCUT2D eigenvalue weighted by Crippen LogP contribution is 2.15. The maximum absolute atomic E-state index is 12.5. The lowest BCUT2D eigenvalue weighted by Crippen LogP contribution is -2.36. The van der Waals surface area contributed by atoms with Gasteiger partial charge >= 0.3 is 0 Å². The first kappa shape index (κ1) is 16.2. The Bertz CT molecular complexity index is 828. The first-order chi connectivity index (χ1) is 11.5. The molecule has 1 atom stereocenters. The van der Waals surface area contributed by atoms with E-state index >= 15 is 0 Å². The molecular weight excluding hydrogens is 306 g/mol. The summed E-state index contributed by atoms with van der Waals surface area (Å²) in [6.07, 6.45) is 1.54. The first-order valence-electron chi connectivity index (χ1n) is 8.22. The maximum Gasteiger partial charge on any atom is 0.252 e. The number of likely N-dealkylation sites (tertiary alicyclic amines) is 1. The highest BCUT2D eigenvalue weighted by molar-refractivity contribution is 6.05. The van der Waals surface area contributed by atoms with Gasteiger partial charge in [0.1, 0.15) is 0 Å². The predicted octanol–water partition coefficient (Wildman–Crippen LogP) is 1.52. The van der Waals surface area contributed by atoms with E-state index < -0.39 is 0 Å². The van der Waals surface area contributed by atoms with Crippen LogP contribution in [0, 0.1) is 5.92 Å². The summed E-state index contributed by atoms with van der Waals surface area (Å²) in [5.74, 6) is 0.0786. The number of aromatic amines is 1. The van der Waals surface area contributed by atoms with E-state index in [-0.39, 0.29) is 23.3 Å². The summed E-state index contributed by atoms with van der Waals surface area (Å²) in [7, 11) is 0. The number of aromatic nitrogens is 1. The topological polar surface area (TPSA) is 82.3 Å². The van der Waals surface area contributed by atoms with Gasteiger partial charge in [0.2, 0.25) is 11.5 Å². The third-order valence-corrected chi connectivity index (χ3v) is 4.31. The number of fused-ring (bicyclic) bond motifs is 1. The Balaban J connectivity index is 1.67. The van der Waals surface area contributed by atoms with Crippen LogP contribution < -0.4 is 10.9 Å². The second-order valence-electron chi connectivity index (χ2n) is 6.35. The third-order valence-electron chi connectivity index (χ3n) is 4.31. The van der Waals surface area contributed by atoms with Crippen LogP contribution in [0.25, 0.3) is 10.9 Å². The van der Waals surface area contributed by atoms with Gasteiger partial charge in [-0.2, -0.15) is 0 Å². The summed E-state index contributed by atoms with van der Waals surface area (Å²) in [6, 6.07) is 8.56. The molecule has 2 aromatic rings. The van der Waals surface area contributed by atoms with E-state index in [0.29, 0.717) is 30.6 Å². The van der Waals surface area contributed by atoms with Crippen LogP contribution in [0.5, 0.6) is 0 Å². The molecule has 0 spiro atoms. The van der Waals surface area contributed by atoms with Crippen molar-refractivity contribution < 1.29 is 9.59 Å².